The predicted octanol–water partition coefficient (Wildman–Crippen LogP) is 2.27. The van der Waals surface area contributed by atoms with Crippen molar-refractivity contribution in [2.75, 3.05) is 24.2 Å². The average molecular weight is 441 g/mol. The van der Waals surface area contributed by atoms with Gasteiger partial charge in [-0.3, -0.25) is 9.10 Å². The van der Waals surface area contributed by atoms with Gasteiger partial charge in [-0.1, -0.05) is 18.2 Å². The number of aromatic nitrogens is 2. The molecule has 31 heavy (non-hydrogen) atoms. The zero-order chi connectivity index (χ0) is 22.2. The Morgan fingerprint density at radius 3 is 2.68 bits per heavy atom. The Morgan fingerprint density at radius 2 is 2.00 bits per heavy atom. The monoisotopic (exact) mass is 440 g/mol. The lowest BCUT2D eigenvalue weighted by Crippen LogP contribution is -2.31. The lowest BCUT2D eigenvalue weighted by atomic mass is 10.0. The molecule has 0 bridgehead atoms. The molecule has 9 heteroatoms. The number of para-hydroxylation sites is 1. The Kier molecular flexibility index (Phi) is 5.45. The van der Waals surface area contributed by atoms with E-state index in [0.29, 0.717) is 35.8 Å². The van der Waals surface area contributed by atoms with Crippen molar-refractivity contribution in [3.8, 4) is 5.75 Å². The minimum absolute atomic E-state index is 0.278. The van der Waals surface area contributed by atoms with Gasteiger partial charge in [-0.2, -0.15) is 0 Å². The van der Waals surface area contributed by atoms with Gasteiger partial charge < -0.3 is 14.6 Å². The molecule has 1 aliphatic heterocycles. The highest BCUT2D eigenvalue weighted by Crippen LogP contribution is 2.32. The molecule has 2 aromatic carbocycles. The first-order chi connectivity index (χ1) is 14.8. The summed E-state index contributed by atoms with van der Waals surface area (Å²) in [4.78, 5) is 17.6. The van der Waals surface area contributed by atoms with Crippen LogP contribution in [0, 0.1) is 0 Å². The Bertz CT molecular complexity index is 1240. The van der Waals surface area contributed by atoms with E-state index in [1.54, 1.807) is 31.5 Å². The number of benzene rings is 2. The predicted molar refractivity (Wildman–Crippen MR) is 118 cm³/mol. The molecular weight excluding hydrogens is 416 g/mol. The number of anilines is 1. The highest BCUT2D eigenvalue weighted by atomic mass is 32.2. The van der Waals surface area contributed by atoms with Gasteiger partial charge in [-0.15, -0.1) is 0 Å². The summed E-state index contributed by atoms with van der Waals surface area (Å²) in [7, 11) is 0.116. The number of rotatable bonds is 6. The summed E-state index contributed by atoms with van der Waals surface area (Å²) in [5.74, 6) is 1.04. The van der Waals surface area contributed by atoms with Crippen LogP contribution in [0.5, 0.6) is 5.75 Å². The number of aryl methyl sites for hydroxylation is 1. The number of nitrogens with zero attached hydrogens (tertiary/aromatic N) is 3. The number of amides is 1. The summed E-state index contributed by atoms with van der Waals surface area (Å²) < 4.78 is 32.7. The van der Waals surface area contributed by atoms with Crippen molar-refractivity contribution < 1.29 is 17.9 Å². The van der Waals surface area contributed by atoms with Crippen LogP contribution in [0.1, 0.15) is 33.4 Å². The van der Waals surface area contributed by atoms with Crippen LogP contribution in [0.3, 0.4) is 0 Å². The van der Waals surface area contributed by atoms with Crippen molar-refractivity contribution in [2.24, 2.45) is 7.05 Å². The number of methoxy groups -OCH3 is 1. The number of hydrogen-bond acceptors (Lipinski definition) is 5. The lowest BCUT2D eigenvalue weighted by molar-refractivity contribution is 0.0940. The Labute approximate surface area is 181 Å². The van der Waals surface area contributed by atoms with Crippen LogP contribution in [-0.2, 0) is 23.5 Å². The normalized spacial score (nSPS) is 14.2. The molecule has 1 aliphatic rings. The van der Waals surface area contributed by atoms with Gasteiger partial charge in [0, 0.05) is 37.1 Å². The number of ether oxygens (including phenoxy) is 1. The number of sulfonamides is 1. The van der Waals surface area contributed by atoms with Crippen molar-refractivity contribution in [3.05, 3.63) is 77.4 Å². The van der Waals surface area contributed by atoms with Gasteiger partial charge in [0.05, 0.1) is 19.1 Å². The molecule has 3 aromatic rings. The second-order valence-corrected chi connectivity index (χ2v) is 9.38. The van der Waals surface area contributed by atoms with Crippen molar-refractivity contribution in [1.82, 2.24) is 14.9 Å². The zero-order valence-electron chi connectivity index (χ0n) is 17.6. The van der Waals surface area contributed by atoms with E-state index in [-0.39, 0.29) is 5.91 Å². The first-order valence-corrected chi connectivity index (χ1v) is 11.7. The fourth-order valence-corrected chi connectivity index (χ4v) is 4.87. The first kappa shape index (κ1) is 20.9. The SMILES string of the molecule is COc1ccccc1[C@H](NC(=O)c1ccc2c(c1)CCN2S(C)(=O)=O)c1nccn1C. The summed E-state index contributed by atoms with van der Waals surface area (Å²) in [6.07, 6.45) is 5.25. The van der Waals surface area contributed by atoms with Gasteiger partial charge >= 0.3 is 0 Å². The number of carbonyl (C=O) groups excluding carboxylic acids is 1. The highest BCUT2D eigenvalue weighted by Gasteiger charge is 2.28. The molecule has 1 atom stereocenters. The van der Waals surface area contributed by atoms with Crippen LogP contribution >= 0.6 is 0 Å². The standard InChI is InChI=1S/C22H24N4O4S/c1-25-13-11-23-21(25)20(17-6-4-5-7-19(17)30-2)24-22(27)16-8-9-18-15(14-16)10-12-26(18)31(3,28)29/h4-9,11,13-14,20H,10,12H2,1-3H3,(H,24,27)/t20-/m0/s1. The summed E-state index contributed by atoms with van der Waals surface area (Å²) in [5, 5.41) is 3.07. The lowest BCUT2D eigenvalue weighted by Gasteiger charge is -2.21. The largest absolute Gasteiger partial charge is 0.496 e. The molecule has 0 saturated carbocycles. The molecule has 162 valence electrons. The van der Waals surface area contributed by atoms with E-state index >= 15 is 0 Å². The Balaban J connectivity index is 1.67. The van der Waals surface area contributed by atoms with E-state index in [2.05, 4.69) is 10.3 Å². The Morgan fingerprint density at radius 1 is 1.23 bits per heavy atom. The van der Waals surface area contributed by atoms with Gasteiger partial charge in [0.1, 0.15) is 17.6 Å². The maximum atomic E-state index is 13.2. The maximum Gasteiger partial charge on any atom is 0.252 e. The second kappa shape index (κ2) is 8.07. The third-order valence-corrected chi connectivity index (χ3v) is 6.62. The highest BCUT2D eigenvalue weighted by molar-refractivity contribution is 7.92. The number of hydrogen-bond donors (Lipinski definition) is 1. The third kappa shape index (κ3) is 4.00. The summed E-state index contributed by atoms with van der Waals surface area (Å²) in [6.45, 7) is 0.385. The fourth-order valence-electron chi connectivity index (χ4n) is 3.91. The number of imidazole rings is 1. The van der Waals surface area contributed by atoms with E-state index in [9.17, 15) is 13.2 Å². The number of nitrogens with one attached hydrogen (secondary N) is 1. The minimum Gasteiger partial charge on any atom is -0.496 e. The van der Waals surface area contributed by atoms with Crippen molar-refractivity contribution in [1.29, 1.82) is 0 Å². The maximum absolute atomic E-state index is 13.2. The number of fused-ring (bicyclic) bond motifs is 1. The van der Waals surface area contributed by atoms with Crippen LogP contribution in [0.25, 0.3) is 0 Å². The molecule has 2 heterocycles. The smallest absolute Gasteiger partial charge is 0.252 e. The summed E-state index contributed by atoms with van der Waals surface area (Å²) in [6, 6.07) is 12.1. The van der Waals surface area contributed by atoms with E-state index in [0.717, 1.165) is 11.1 Å². The van der Waals surface area contributed by atoms with Gasteiger partial charge in [0.2, 0.25) is 10.0 Å². The molecule has 0 aliphatic carbocycles. The molecule has 4 rings (SSSR count). The van der Waals surface area contributed by atoms with Crippen LogP contribution < -0.4 is 14.4 Å². The van der Waals surface area contributed by atoms with E-state index in [1.807, 2.05) is 42.1 Å². The molecule has 0 unspecified atom stereocenters. The summed E-state index contributed by atoms with van der Waals surface area (Å²) >= 11 is 0. The van der Waals surface area contributed by atoms with Gasteiger partial charge in [0.15, 0.2) is 0 Å². The third-order valence-electron chi connectivity index (χ3n) is 5.44. The number of carbonyl (C=O) groups is 1. The molecule has 0 spiro atoms. The minimum atomic E-state index is -3.34. The molecule has 0 radical (unpaired) electrons. The topological polar surface area (TPSA) is 93.5 Å². The van der Waals surface area contributed by atoms with Crippen molar-refractivity contribution in [3.63, 3.8) is 0 Å². The van der Waals surface area contributed by atoms with E-state index in [1.165, 1.54) is 10.6 Å². The Hall–Kier alpha value is -3.33. The van der Waals surface area contributed by atoms with Crippen molar-refractivity contribution in [2.45, 2.75) is 12.5 Å². The quantitative estimate of drug-likeness (QED) is 0.635. The first-order valence-electron chi connectivity index (χ1n) is 9.81. The fraction of sp³-hybridized carbons (Fsp3) is 0.273. The molecular formula is C22H24N4O4S. The zero-order valence-corrected chi connectivity index (χ0v) is 18.4. The molecule has 1 N–H and O–H groups in total. The van der Waals surface area contributed by atoms with Crippen LogP contribution in [0.2, 0.25) is 0 Å². The average Bonchev–Trinajstić information content (AvgIpc) is 3.37. The van der Waals surface area contributed by atoms with Gasteiger partial charge in [-0.25, -0.2) is 13.4 Å². The molecule has 0 fully saturated rings. The van der Waals surface area contributed by atoms with Crippen LogP contribution in [0.15, 0.2) is 54.9 Å². The molecule has 8 nitrogen and oxygen atoms in total. The van der Waals surface area contributed by atoms with Gasteiger partial charge in [-0.05, 0) is 36.2 Å². The van der Waals surface area contributed by atoms with E-state index in [4.69, 9.17) is 4.74 Å². The second-order valence-electron chi connectivity index (χ2n) is 7.47. The summed E-state index contributed by atoms with van der Waals surface area (Å²) in [5.41, 5.74) is 2.72. The molecule has 1 aromatic heterocycles. The van der Waals surface area contributed by atoms with Crippen LogP contribution in [-0.4, -0.2) is 43.8 Å². The molecule has 1 amide bonds. The van der Waals surface area contributed by atoms with Gasteiger partial charge in [0.25, 0.3) is 5.91 Å². The molecule has 0 saturated heterocycles. The van der Waals surface area contributed by atoms with Crippen LogP contribution in [0.4, 0.5) is 5.69 Å². The van der Waals surface area contributed by atoms with E-state index < -0.39 is 16.1 Å². The van der Waals surface area contributed by atoms with Crippen molar-refractivity contribution >= 4 is 21.6 Å².